The van der Waals surface area contributed by atoms with Gasteiger partial charge in [0.05, 0.1) is 40.3 Å². The van der Waals surface area contributed by atoms with Gasteiger partial charge in [0.15, 0.2) is 0 Å². The van der Waals surface area contributed by atoms with Gasteiger partial charge in [-0.15, -0.1) is 0 Å². The van der Waals surface area contributed by atoms with Crippen LogP contribution < -0.4 is 15.5 Å². The molecule has 0 aliphatic carbocycles. The van der Waals surface area contributed by atoms with E-state index in [-0.39, 0.29) is 5.91 Å². The van der Waals surface area contributed by atoms with Gasteiger partial charge in [-0.25, -0.2) is 0 Å². The van der Waals surface area contributed by atoms with Crippen LogP contribution in [0, 0.1) is 0 Å². The molecule has 1 heterocycles. The number of rotatable bonds is 6. The molecule has 0 bridgehead atoms. The van der Waals surface area contributed by atoms with Gasteiger partial charge in [0.1, 0.15) is 0 Å². The van der Waals surface area contributed by atoms with Crippen LogP contribution in [-0.2, 0) is 9.53 Å². The van der Waals surface area contributed by atoms with E-state index in [0.717, 1.165) is 24.5 Å². The number of para-hydroxylation sites is 3. The number of carbonyl (C=O) groups is 1. The van der Waals surface area contributed by atoms with Gasteiger partial charge in [0.25, 0.3) is 0 Å². The Morgan fingerprint density at radius 2 is 1.73 bits per heavy atom. The van der Waals surface area contributed by atoms with Crippen molar-refractivity contribution < 1.29 is 9.53 Å². The van der Waals surface area contributed by atoms with Crippen molar-refractivity contribution in [2.75, 3.05) is 48.4 Å². The summed E-state index contributed by atoms with van der Waals surface area (Å²) in [5.41, 5.74) is 2.48. The van der Waals surface area contributed by atoms with E-state index in [1.807, 2.05) is 24.3 Å². The van der Waals surface area contributed by atoms with Gasteiger partial charge < -0.3 is 20.3 Å². The summed E-state index contributed by atoms with van der Waals surface area (Å²) in [5.74, 6) is -0.0682. The Morgan fingerprint density at radius 3 is 2.46 bits per heavy atom. The lowest BCUT2D eigenvalue weighted by Gasteiger charge is -2.30. The molecule has 0 unspecified atom stereocenters. The average Bonchev–Trinajstić information content (AvgIpc) is 2.65. The highest BCUT2D eigenvalue weighted by atomic mass is 35.5. The number of halogens is 2. The van der Waals surface area contributed by atoms with Crippen LogP contribution in [0.3, 0.4) is 0 Å². The topological polar surface area (TPSA) is 53.6 Å². The summed E-state index contributed by atoms with van der Waals surface area (Å²) in [6, 6.07) is 13.1. The fourth-order valence-corrected chi connectivity index (χ4v) is 3.37. The van der Waals surface area contributed by atoms with Crippen LogP contribution in [0.5, 0.6) is 0 Å². The molecule has 0 radical (unpaired) electrons. The second kappa shape index (κ2) is 9.12. The molecule has 1 aliphatic rings. The van der Waals surface area contributed by atoms with E-state index in [1.165, 1.54) is 0 Å². The third kappa shape index (κ3) is 4.81. The molecule has 26 heavy (non-hydrogen) atoms. The van der Waals surface area contributed by atoms with Crippen LogP contribution in [0.1, 0.15) is 6.42 Å². The van der Waals surface area contributed by atoms with Gasteiger partial charge in [-0.1, -0.05) is 41.4 Å². The van der Waals surface area contributed by atoms with Crippen LogP contribution >= 0.6 is 23.2 Å². The first-order valence-corrected chi connectivity index (χ1v) is 9.30. The van der Waals surface area contributed by atoms with Crippen LogP contribution in [0.2, 0.25) is 10.0 Å². The van der Waals surface area contributed by atoms with Crippen molar-refractivity contribution in [3.05, 3.63) is 52.5 Å². The third-order valence-corrected chi connectivity index (χ3v) is 4.78. The summed E-state index contributed by atoms with van der Waals surface area (Å²) in [6.07, 6.45) is 0.305. The Kier molecular flexibility index (Phi) is 6.61. The van der Waals surface area contributed by atoms with Crippen molar-refractivity contribution in [2.45, 2.75) is 6.42 Å². The number of hydrogen-bond acceptors (Lipinski definition) is 4. The molecule has 0 atom stereocenters. The highest BCUT2D eigenvalue weighted by Gasteiger charge is 2.15. The van der Waals surface area contributed by atoms with Crippen LogP contribution in [0.4, 0.5) is 17.1 Å². The van der Waals surface area contributed by atoms with Crippen LogP contribution in [0.15, 0.2) is 42.5 Å². The molecule has 0 aromatic heterocycles. The molecule has 138 valence electrons. The molecule has 2 N–H and O–H groups in total. The van der Waals surface area contributed by atoms with Crippen molar-refractivity contribution >= 4 is 46.2 Å². The zero-order valence-electron chi connectivity index (χ0n) is 14.3. The highest BCUT2D eigenvalue weighted by Crippen LogP contribution is 2.30. The first-order valence-electron chi connectivity index (χ1n) is 8.54. The van der Waals surface area contributed by atoms with E-state index in [4.69, 9.17) is 27.9 Å². The maximum atomic E-state index is 12.3. The molecule has 3 rings (SSSR count). The van der Waals surface area contributed by atoms with Gasteiger partial charge >= 0.3 is 0 Å². The molecule has 0 saturated carbocycles. The number of nitrogens with one attached hydrogen (secondary N) is 2. The number of anilines is 3. The molecule has 1 saturated heterocycles. The fourth-order valence-electron chi connectivity index (χ4n) is 2.84. The Morgan fingerprint density at radius 1 is 1.04 bits per heavy atom. The molecule has 1 aliphatic heterocycles. The molecule has 0 spiro atoms. The van der Waals surface area contributed by atoms with Crippen molar-refractivity contribution in [2.24, 2.45) is 0 Å². The van der Waals surface area contributed by atoms with Crippen LogP contribution in [0.25, 0.3) is 0 Å². The molecule has 1 amide bonds. The lowest BCUT2D eigenvalue weighted by atomic mass is 10.2. The number of morpholine rings is 1. The Balaban J connectivity index is 1.57. The summed E-state index contributed by atoms with van der Waals surface area (Å²) in [4.78, 5) is 14.6. The summed E-state index contributed by atoms with van der Waals surface area (Å²) in [5, 5.41) is 7.20. The third-order valence-electron chi connectivity index (χ3n) is 4.15. The minimum absolute atomic E-state index is 0.0682. The molecule has 7 heteroatoms. The largest absolute Gasteiger partial charge is 0.382 e. The van der Waals surface area contributed by atoms with E-state index < -0.39 is 0 Å². The van der Waals surface area contributed by atoms with E-state index in [1.54, 1.807) is 18.2 Å². The number of hydrogen-bond donors (Lipinski definition) is 2. The number of benzene rings is 2. The Bertz CT molecular complexity index is 744. The average molecular weight is 394 g/mol. The smallest absolute Gasteiger partial charge is 0.226 e. The summed E-state index contributed by atoms with van der Waals surface area (Å²) >= 11 is 12.2. The van der Waals surface area contributed by atoms with Gasteiger partial charge in [0, 0.05) is 26.1 Å². The first kappa shape index (κ1) is 18.8. The van der Waals surface area contributed by atoms with Crippen LogP contribution in [-0.4, -0.2) is 38.8 Å². The molecular formula is C19H21Cl2N3O2. The van der Waals surface area contributed by atoms with Gasteiger partial charge in [-0.05, 0) is 24.3 Å². The number of nitrogens with zero attached hydrogens (tertiary/aromatic N) is 1. The second-order valence-corrected chi connectivity index (χ2v) is 6.75. The van der Waals surface area contributed by atoms with Gasteiger partial charge in [-0.2, -0.15) is 0 Å². The summed E-state index contributed by atoms with van der Waals surface area (Å²) in [6.45, 7) is 3.48. The standard InChI is InChI=1S/C19H21Cl2N3O2/c20-14-4-3-5-15(21)19(14)22-9-8-18(25)23-16-6-1-2-7-17(16)24-10-12-26-13-11-24/h1-7,22H,8-13H2,(H,23,25). The summed E-state index contributed by atoms with van der Waals surface area (Å²) < 4.78 is 5.40. The minimum Gasteiger partial charge on any atom is -0.382 e. The Labute approximate surface area is 163 Å². The molecule has 1 fully saturated rings. The zero-order chi connectivity index (χ0) is 18.4. The quantitative estimate of drug-likeness (QED) is 0.769. The lowest BCUT2D eigenvalue weighted by Crippen LogP contribution is -2.36. The van der Waals surface area contributed by atoms with Crippen molar-refractivity contribution in [3.8, 4) is 0 Å². The number of carbonyl (C=O) groups excluding carboxylic acids is 1. The molecular weight excluding hydrogens is 373 g/mol. The second-order valence-electron chi connectivity index (χ2n) is 5.94. The van der Waals surface area contributed by atoms with Crippen molar-refractivity contribution in [3.63, 3.8) is 0 Å². The SMILES string of the molecule is O=C(CCNc1c(Cl)cccc1Cl)Nc1ccccc1N1CCOCC1. The van der Waals surface area contributed by atoms with E-state index in [9.17, 15) is 4.79 Å². The van der Waals surface area contributed by atoms with E-state index in [2.05, 4.69) is 15.5 Å². The number of ether oxygens (including phenoxy) is 1. The molecule has 2 aromatic rings. The monoisotopic (exact) mass is 393 g/mol. The predicted molar refractivity (Wildman–Crippen MR) is 108 cm³/mol. The highest BCUT2D eigenvalue weighted by molar-refractivity contribution is 6.39. The minimum atomic E-state index is -0.0682. The van der Waals surface area contributed by atoms with Crippen molar-refractivity contribution in [1.82, 2.24) is 0 Å². The Hall–Kier alpha value is -1.95. The lowest BCUT2D eigenvalue weighted by molar-refractivity contribution is -0.115. The summed E-state index contributed by atoms with van der Waals surface area (Å²) in [7, 11) is 0. The maximum Gasteiger partial charge on any atom is 0.226 e. The van der Waals surface area contributed by atoms with Crippen molar-refractivity contribution in [1.29, 1.82) is 0 Å². The van der Waals surface area contributed by atoms with Gasteiger partial charge in [-0.3, -0.25) is 4.79 Å². The normalized spacial score (nSPS) is 14.2. The maximum absolute atomic E-state index is 12.3. The first-order chi connectivity index (χ1) is 12.6. The van der Waals surface area contributed by atoms with Gasteiger partial charge in [0.2, 0.25) is 5.91 Å². The fraction of sp³-hybridized carbons (Fsp3) is 0.316. The number of amides is 1. The molecule has 2 aromatic carbocycles. The van der Waals surface area contributed by atoms with E-state index >= 15 is 0 Å². The predicted octanol–water partition coefficient (Wildman–Crippen LogP) is 4.27. The zero-order valence-corrected chi connectivity index (χ0v) is 15.8. The molecule has 5 nitrogen and oxygen atoms in total. The van der Waals surface area contributed by atoms with E-state index in [0.29, 0.717) is 41.9 Å².